The largest absolute Gasteiger partial charge is 0.361 e. The molecule has 1 rings (SSSR count). The lowest BCUT2D eigenvalue weighted by molar-refractivity contribution is 0.229. The van der Waals surface area contributed by atoms with Gasteiger partial charge in [-0.3, -0.25) is 4.57 Å². The average Bonchev–Trinajstić information content (AvgIpc) is 2.40. The zero-order chi connectivity index (χ0) is 15.0. The van der Waals surface area contributed by atoms with Crippen molar-refractivity contribution < 1.29 is 13.6 Å². The normalized spacial score (nSPS) is 11.3. The van der Waals surface area contributed by atoms with Crippen LogP contribution in [0.5, 0.6) is 0 Å². The van der Waals surface area contributed by atoms with Crippen molar-refractivity contribution in [3.8, 4) is 0 Å². The molecule has 0 unspecified atom stereocenters. The molecule has 20 heavy (non-hydrogen) atoms. The summed E-state index contributed by atoms with van der Waals surface area (Å²) in [7, 11) is -3.30. The topological polar surface area (TPSA) is 35.5 Å². The molecule has 0 N–H and O–H groups in total. The van der Waals surface area contributed by atoms with E-state index in [2.05, 4.69) is 13.2 Å². The van der Waals surface area contributed by atoms with E-state index < -0.39 is 7.60 Å². The molecule has 0 amide bonds. The fourth-order valence-corrected chi connectivity index (χ4v) is 4.19. The molecule has 0 aliphatic rings. The third-order valence-electron chi connectivity index (χ3n) is 2.80. The Kier molecular flexibility index (Phi) is 6.94. The van der Waals surface area contributed by atoms with Crippen LogP contribution in [0.25, 0.3) is 0 Å². The Morgan fingerprint density at radius 2 is 1.50 bits per heavy atom. The van der Waals surface area contributed by atoms with E-state index >= 15 is 0 Å². The Bertz CT molecular complexity index is 470. The lowest BCUT2D eigenvalue weighted by Gasteiger charge is -2.22. The fourth-order valence-electron chi connectivity index (χ4n) is 2.14. The third kappa shape index (κ3) is 3.92. The first-order valence-electron chi connectivity index (χ1n) is 6.85. The molecular formula is C16H23O3P. The molecule has 0 aromatic heterocycles. The molecule has 0 saturated heterocycles. The summed E-state index contributed by atoms with van der Waals surface area (Å²) in [5.74, 6) is 0. The molecule has 0 saturated carbocycles. The molecule has 4 heteroatoms. The van der Waals surface area contributed by atoms with Crippen LogP contribution in [0.1, 0.15) is 25.0 Å². The standard InChI is InChI=1S/C16H23O3P/c1-5-10-14-12-9-13-15(11-6-2)16(14)20(17,18-7-3)19-8-4/h5-6,9,12-13H,1-2,7-8,10-11H2,3-4H3. The summed E-state index contributed by atoms with van der Waals surface area (Å²) in [6.07, 6.45) is 4.84. The fraction of sp³-hybridized carbons (Fsp3) is 0.375. The minimum atomic E-state index is -3.30. The lowest BCUT2D eigenvalue weighted by atomic mass is 10.1. The van der Waals surface area contributed by atoms with E-state index in [0.29, 0.717) is 31.4 Å². The molecule has 1 aromatic carbocycles. The zero-order valence-electron chi connectivity index (χ0n) is 12.3. The van der Waals surface area contributed by atoms with E-state index in [1.807, 2.05) is 32.0 Å². The van der Waals surface area contributed by atoms with E-state index in [1.54, 1.807) is 12.2 Å². The van der Waals surface area contributed by atoms with Crippen molar-refractivity contribution in [3.05, 3.63) is 54.6 Å². The van der Waals surface area contributed by atoms with E-state index in [-0.39, 0.29) is 0 Å². The number of allylic oxidation sites excluding steroid dienone is 2. The predicted molar refractivity (Wildman–Crippen MR) is 84.7 cm³/mol. The van der Waals surface area contributed by atoms with Gasteiger partial charge in [-0.15, -0.1) is 13.2 Å². The molecule has 0 bridgehead atoms. The molecule has 1 aromatic rings. The zero-order valence-corrected chi connectivity index (χ0v) is 13.2. The highest BCUT2D eigenvalue weighted by atomic mass is 31.2. The maximum atomic E-state index is 13.1. The Balaban J connectivity index is 3.45. The second kappa shape index (κ2) is 8.21. The van der Waals surface area contributed by atoms with Crippen molar-refractivity contribution >= 4 is 12.9 Å². The molecule has 0 fully saturated rings. The first-order valence-corrected chi connectivity index (χ1v) is 8.39. The van der Waals surface area contributed by atoms with Crippen LogP contribution in [0, 0.1) is 0 Å². The summed E-state index contributed by atoms with van der Waals surface area (Å²) < 4.78 is 24.1. The van der Waals surface area contributed by atoms with Crippen LogP contribution in [0.3, 0.4) is 0 Å². The SMILES string of the molecule is C=CCc1cccc(CC=C)c1P(=O)(OCC)OCC. The van der Waals surface area contributed by atoms with Crippen molar-refractivity contribution in [1.29, 1.82) is 0 Å². The minimum Gasteiger partial charge on any atom is -0.305 e. The van der Waals surface area contributed by atoms with Gasteiger partial charge in [-0.05, 0) is 37.8 Å². The monoisotopic (exact) mass is 294 g/mol. The van der Waals surface area contributed by atoms with Crippen LogP contribution in [0.15, 0.2) is 43.5 Å². The molecule has 0 aliphatic carbocycles. The summed E-state index contributed by atoms with van der Waals surface area (Å²) in [5, 5.41) is 0.670. The van der Waals surface area contributed by atoms with E-state index in [1.165, 1.54) is 0 Å². The quantitative estimate of drug-likeness (QED) is 0.509. The summed E-state index contributed by atoms with van der Waals surface area (Å²) in [5.41, 5.74) is 1.87. The summed E-state index contributed by atoms with van der Waals surface area (Å²) >= 11 is 0. The third-order valence-corrected chi connectivity index (χ3v) is 5.12. The highest BCUT2D eigenvalue weighted by Gasteiger charge is 2.31. The molecule has 3 nitrogen and oxygen atoms in total. The second-order valence-corrected chi connectivity index (χ2v) is 6.20. The highest BCUT2D eigenvalue weighted by molar-refractivity contribution is 7.62. The van der Waals surface area contributed by atoms with Gasteiger partial charge in [0.15, 0.2) is 0 Å². The molecule has 0 atom stereocenters. The molecular weight excluding hydrogens is 271 g/mol. The van der Waals surface area contributed by atoms with Crippen LogP contribution < -0.4 is 5.30 Å². The van der Waals surface area contributed by atoms with Gasteiger partial charge in [0.05, 0.1) is 18.5 Å². The maximum Gasteiger partial charge on any atom is 0.361 e. The second-order valence-electron chi connectivity index (χ2n) is 4.24. The van der Waals surface area contributed by atoms with Crippen molar-refractivity contribution in [3.63, 3.8) is 0 Å². The molecule has 0 radical (unpaired) electrons. The summed E-state index contributed by atoms with van der Waals surface area (Å²) in [6, 6.07) is 5.83. The highest BCUT2D eigenvalue weighted by Crippen LogP contribution is 2.48. The van der Waals surface area contributed by atoms with Crippen molar-refractivity contribution in [2.45, 2.75) is 26.7 Å². The van der Waals surface area contributed by atoms with Crippen molar-refractivity contribution in [1.82, 2.24) is 0 Å². The predicted octanol–water partition coefficient (Wildman–Crippen LogP) is 4.04. The van der Waals surface area contributed by atoms with Gasteiger partial charge in [0, 0.05) is 0 Å². The lowest BCUT2D eigenvalue weighted by Crippen LogP contribution is -2.20. The molecule has 110 valence electrons. The van der Waals surface area contributed by atoms with Crippen LogP contribution in [-0.4, -0.2) is 13.2 Å². The van der Waals surface area contributed by atoms with Crippen LogP contribution >= 0.6 is 7.60 Å². The van der Waals surface area contributed by atoms with Gasteiger partial charge >= 0.3 is 7.60 Å². The van der Waals surface area contributed by atoms with Gasteiger partial charge in [0.2, 0.25) is 0 Å². The van der Waals surface area contributed by atoms with Crippen LogP contribution in [0.2, 0.25) is 0 Å². The van der Waals surface area contributed by atoms with Crippen molar-refractivity contribution in [2.24, 2.45) is 0 Å². The average molecular weight is 294 g/mol. The van der Waals surface area contributed by atoms with Crippen LogP contribution in [-0.2, 0) is 26.5 Å². The van der Waals surface area contributed by atoms with Crippen molar-refractivity contribution in [2.75, 3.05) is 13.2 Å². The van der Waals surface area contributed by atoms with Crippen LogP contribution in [0.4, 0.5) is 0 Å². The number of hydrogen-bond donors (Lipinski definition) is 0. The van der Waals surface area contributed by atoms with Gasteiger partial charge < -0.3 is 9.05 Å². The molecule has 0 spiro atoms. The van der Waals surface area contributed by atoms with Gasteiger partial charge in [-0.25, -0.2) is 0 Å². The molecule has 0 heterocycles. The van der Waals surface area contributed by atoms with E-state index in [4.69, 9.17) is 9.05 Å². The maximum absolute atomic E-state index is 13.1. The minimum absolute atomic E-state index is 0.341. The van der Waals surface area contributed by atoms with E-state index in [9.17, 15) is 4.57 Å². The van der Waals surface area contributed by atoms with Gasteiger partial charge in [0.1, 0.15) is 0 Å². The first kappa shape index (κ1) is 16.9. The Hall–Kier alpha value is -1.15. The first-order chi connectivity index (χ1) is 9.62. The smallest absolute Gasteiger partial charge is 0.305 e. The summed E-state index contributed by atoms with van der Waals surface area (Å²) in [4.78, 5) is 0. The Morgan fingerprint density at radius 3 is 1.85 bits per heavy atom. The van der Waals surface area contributed by atoms with Gasteiger partial charge in [0.25, 0.3) is 0 Å². The summed E-state index contributed by atoms with van der Waals surface area (Å²) in [6.45, 7) is 11.8. The van der Waals surface area contributed by atoms with E-state index in [0.717, 1.165) is 11.1 Å². The Labute approximate surface area is 121 Å². The van der Waals surface area contributed by atoms with Gasteiger partial charge in [-0.2, -0.15) is 0 Å². The van der Waals surface area contributed by atoms with Gasteiger partial charge in [-0.1, -0.05) is 30.4 Å². The number of hydrogen-bond acceptors (Lipinski definition) is 3. The molecule has 0 aliphatic heterocycles. The number of rotatable bonds is 9. The number of benzene rings is 1. The Morgan fingerprint density at radius 1 is 1.05 bits per heavy atom.